The Hall–Kier alpha value is -3.80. The lowest BCUT2D eigenvalue weighted by atomic mass is 10.0. The fourth-order valence-electron chi connectivity index (χ4n) is 4.60. The number of aromatic nitrogens is 3. The number of nitrogens with zero attached hydrogens (tertiary/aromatic N) is 3. The summed E-state index contributed by atoms with van der Waals surface area (Å²) in [5.41, 5.74) is 2.20. The summed E-state index contributed by atoms with van der Waals surface area (Å²) in [7, 11) is 0. The molecule has 1 aromatic carbocycles. The predicted molar refractivity (Wildman–Crippen MR) is 155 cm³/mol. The number of aryl methyl sites for hydroxylation is 1. The van der Waals surface area contributed by atoms with Crippen molar-refractivity contribution in [3.8, 4) is 11.4 Å². The highest BCUT2D eigenvalue weighted by atomic mass is 35.5. The fraction of sp³-hybridized carbons (Fsp3) is 0.310. The van der Waals surface area contributed by atoms with Crippen LogP contribution >= 0.6 is 22.9 Å². The highest BCUT2D eigenvalue weighted by Crippen LogP contribution is 2.35. The first-order valence-electron chi connectivity index (χ1n) is 13.2. The SMILES string of the molecule is CCOC(=O)c1sc(N2CC[C@@H](NC(=O)c3cc(Cl)c(C)[nH]3)[C@@H](OCc3ccccc3)C2)nc1-c1ncccc1F. The van der Waals surface area contributed by atoms with E-state index in [2.05, 4.69) is 20.3 Å². The van der Waals surface area contributed by atoms with E-state index in [4.69, 9.17) is 21.1 Å². The molecule has 3 aromatic heterocycles. The zero-order valence-electron chi connectivity index (χ0n) is 22.5. The molecule has 5 rings (SSSR count). The van der Waals surface area contributed by atoms with Gasteiger partial charge in [-0.05, 0) is 44.0 Å². The highest BCUT2D eigenvalue weighted by Gasteiger charge is 2.34. The van der Waals surface area contributed by atoms with E-state index in [9.17, 15) is 14.0 Å². The van der Waals surface area contributed by atoms with Crippen molar-refractivity contribution >= 4 is 39.9 Å². The average molecular weight is 598 g/mol. The van der Waals surface area contributed by atoms with Gasteiger partial charge in [-0.3, -0.25) is 9.78 Å². The fourth-order valence-corrected chi connectivity index (χ4v) is 5.75. The number of hydrogen-bond acceptors (Lipinski definition) is 8. The summed E-state index contributed by atoms with van der Waals surface area (Å²) in [4.78, 5) is 39.8. The summed E-state index contributed by atoms with van der Waals surface area (Å²) in [5, 5.41) is 4.09. The number of piperidine rings is 1. The number of carbonyl (C=O) groups excluding carboxylic acids is 2. The quantitative estimate of drug-likeness (QED) is 0.248. The van der Waals surface area contributed by atoms with Crippen LogP contribution in [0.15, 0.2) is 54.7 Å². The van der Waals surface area contributed by atoms with Crippen LogP contribution in [0.4, 0.5) is 9.52 Å². The molecule has 0 spiro atoms. The van der Waals surface area contributed by atoms with E-state index in [1.54, 1.807) is 19.9 Å². The molecule has 1 amide bonds. The Balaban J connectivity index is 1.41. The number of benzene rings is 1. The van der Waals surface area contributed by atoms with E-state index >= 15 is 0 Å². The number of amides is 1. The van der Waals surface area contributed by atoms with Crippen molar-refractivity contribution in [1.29, 1.82) is 0 Å². The number of nitrogens with one attached hydrogen (secondary N) is 2. The Morgan fingerprint density at radius 2 is 2.02 bits per heavy atom. The molecule has 1 aliphatic rings. The van der Waals surface area contributed by atoms with E-state index in [1.165, 1.54) is 18.3 Å². The van der Waals surface area contributed by atoms with Crippen LogP contribution in [0.2, 0.25) is 5.02 Å². The Morgan fingerprint density at radius 3 is 2.73 bits per heavy atom. The van der Waals surface area contributed by atoms with Gasteiger partial charge in [0.15, 0.2) is 10.9 Å². The largest absolute Gasteiger partial charge is 0.462 e. The molecule has 0 bridgehead atoms. The Labute approximate surface area is 245 Å². The van der Waals surface area contributed by atoms with Crippen molar-refractivity contribution in [2.45, 2.75) is 39.0 Å². The topological polar surface area (TPSA) is 109 Å². The Kier molecular flexibility index (Phi) is 8.96. The van der Waals surface area contributed by atoms with Crippen LogP contribution in [0.3, 0.4) is 0 Å². The smallest absolute Gasteiger partial charge is 0.350 e. The van der Waals surface area contributed by atoms with Crippen LogP contribution in [0.1, 0.15) is 44.8 Å². The second-order valence-corrected chi connectivity index (χ2v) is 10.9. The highest BCUT2D eigenvalue weighted by molar-refractivity contribution is 7.17. The Bertz CT molecular complexity index is 1510. The summed E-state index contributed by atoms with van der Waals surface area (Å²) in [5.74, 6) is -1.45. The maximum atomic E-state index is 14.7. The van der Waals surface area contributed by atoms with Gasteiger partial charge in [-0.2, -0.15) is 0 Å². The van der Waals surface area contributed by atoms with E-state index in [0.29, 0.717) is 47.7 Å². The number of aromatic amines is 1. The van der Waals surface area contributed by atoms with Crippen LogP contribution in [0.25, 0.3) is 11.4 Å². The zero-order valence-corrected chi connectivity index (χ0v) is 24.1. The van der Waals surface area contributed by atoms with E-state index in [1.807, 2.05) is 35.2 Å². The van der Waals surface area contributed by atoms with Gasteiger partial charge in [0, 0.05) is 25.0 Å². The maximum Gasteiger partial charge on any atom is 0.350 e. The molecule has 9 nitrogen and oxygen atoms in total. The number of anilines is 1. The van der Waals surface area contributed by atoms with Gasteiger partial charge in [-0.25, -0.2) is 14.2 Å². The van der Waals surface area contributed by atoms with Crippen molar-refractivity contribution in [2.75, 3.05) is 24.6 Å². The molecule has 2 atom stereocenters. The van der Waals surface area contributed by atoms with Gasteiger partial charge >= 0.3 is 5.97 Å². The normalized spacial score (nSPS) is 16.9. The zero-order chi connectivity index (χ0) is 28.9. The second kappa shape index (κ2) is 12.8. The van der Waals surface area contributed by atoms with Crippen molar-refractivity contribution in [2.24, 2.45) is 0 Å². The van der Waals surface area contributed by atoms with Gasteiger partial charge in [0.2, 0.25) is 0 Å². The molecule has 0 saturated carbocycles. The van der Waals surface area contributed by atoms with E-state index in [0.717, 1.165) is 16.9 Å². The molecule has 1 aliphatic heterocycles. The number of pyridine rings is 1. The number of rotatable bonds is 9. The minimum Gasteiger partial charge on any atom is -0.462 e. The summed E-state index contributed by atoms with van der Waals surface area (Å²) in [6, 6.07) is 13.8. The number of H-pyrrole nitrogens is 1. The number of carbonyl (C=O) groups is 2. The second-order valence-electron chi connectivity index (χ2n) is 9.53. The average Bonchev–Trinajstić information content (AvgIpc) is 3.57. The monoisotopic (exact) mass is 597 g/mol. The number of thiazole rings is 1. The van der Waals surface area contributed by atoms with Crippen molar-refractivity contribution in [3.63, 3.8) is 0 Å². The van der Waals surface area contributed by atoms with Gasteiger partial charge in [0.05, 0.1) is 30.4 Å². The summed E-state index contributed by atoms with van der Waals surface area (Å²) in [6.07, 6.45) is 1.58. The van der Waals surface area contributed by atoms with Gasteiger partial charge in [0.1, 0.15) is 22.0 Å². The molecule has 41 heavy (non-hydrogen) atoms. The third-order valence-electron chi connectivity index (χ3n) is 6.71. The molecule has 2 N–H and O–H groups in total. The standard InChI is InChI=1S/C29H29ClFN5O4S/c1-3-39-28(38)26-25(24-20(31)10-7-12-32-24)35-29(41-26)36-13-11-21(34-27(37)22-14-19(30)17(2)33-22)23(15-36)40-16-18-8-5-4-6-9-18/h4-10,12,14,21,23,33H,3,11,13,15-16H2,1-2H3,(H,34,37)/t21-,23+/m1/s1. The molecule has 4 heterocycles. The molecular formula is C29H29ClFN5O4S. The molecule has 4 aromatic rings. The molecule has 0 aliphatic carbocycles. The van der Waals surface area contributed by atoms with Gasteiger partial charge in [-0.1, -0.05) is 53.3 Å². The molecule has 214 valence electrons. The molecule has 1 fully saturated rings. The van der Waals surface area contributed by atoms with E-state index < -0.39 is 17.9 Å². The molecule has 1 saturated heterocycles. The lowest BCUT2D eigenvalue weighted by Gasteiger charge is -2.38. The number of esters is 1. The molecular weight excluding hydrogens is 569 g/mol. The third kappa shape index (κ3) is 6.58. The first kappa shape index (κ1) is 28.7. The van der Waals surface area contributed by atoms with E-state index in [-0.39, 0.29) is 34.8 Å². The van der Waals surface area contributed by atoms with Crippen LogP contribution in [0, 0.1) is 12.7 Å². The summed E-state index contributed by atoms with van der Waals surface area (Å²) in [6.45, 7) is 4.91. The Morgan fingerprint density at radius 1 is 1.22 bits per heavy atom. The minimum atomic E-state index is -0.588. The summed E-state index contributed by atoms with van der Waals surface area (Å²) >= 11 is 7.27. The number of ether oxygens (including phenoxy) is 2. The van der Waals surface area contributed by atoms with Crippen molar-refractivity contribution in [3.05, 3.63) is 87.4 Å². The minimum absolute atomic E-state index is 0.0167. The molecule has 12 heteroatoms. The van der Waals surface area contributed by atoms with Gasteiger partial charge in [0.25, 0.3) is 5.91 Å². The first-order chi connectivity index (χ1) is 19.8. The number of halogens is 2. The predicted octanol–water partition coefficient (Wildman–Crippen LogP) is 5.40. The number of hydrogen-bond donors (Lipinski definition) is 2. The van der Waals surface area contributed by atoms with Crippen LogP contribution in [-0.2, 0) is 16.1 Å². The van der Waals surface area contributed by atoms with Crippen LogP contribution in [0.5, 0.6) is 0 Å². The van der Waals surface area contributed by atoms with Crippen molar-refractivity contribution in [1.82, 2.24) is 20.3 Å². The van der Waals surface area contributed by atoms with Crippen LogP contribution < -0.4 is 10.2 Å². The van der Waals surface area contributed by atoms with Crippen molar-refractivity contribution < 1.29 is 23.5 Å². The molecule has 0 unspecified atom stereocenters. The van der Waals surface area contributed by atoms with Gasteiger partial charge in [-0.15, -0.1) is 0 Å². The first-order valence-corrected chi connectivity index (χ1v) is 14.4. The lowest BCUT2D eigenvalue weighted by Crippen LogP contribution is -2.55. The lowest BCUT2D eigenvalue weighted by molar-refractivity contribution is 0.00967. The van der Waals surface area contributed by atoms with Crippen LogP contribution in [-0.4, -0.2) is 58.7 Å². The van der Waals surface area contributed by atoms with Gasteiger partial charge < -0.3 is 24.7 Å². The summed E-state index contributed by atoms with van der Waals surface area (Å²) < 4.78 is 26.3. The third-order valence-corrected chi connectivity index (χ3v) is 8.20. The molecule has 0 radical (unpaired) electrons. The maximum absolute atomic E-state index is 14.7.